The largest absolute Gasteiger partial charge is 0.496 e. The fourth-order valence-corrected chi connectivity index (χ4v) is 3.04. The fraction of sp³-hybridized carbons (Fsp3) is 0.0625. The Labute approximate surface area is 135 Å². The molecule has 0 radical (unpaired) electrons. The van der Waals surface area contributed by atoms with E-state index in [0.29, 0.717) is 10.7 Å². The number of anilines is 1. The Hall–Kier alpha value is -1.78. The summed E-state index contributed by atoms with van der Waals surface area (Å²) in [4.78, 5) is 4.13. The minimum atomic E-state index is 0.519. The van der Waals surface area contributed by atoms with Crippen LogP contribution in [0, 0.1) is 0 Å². The first-order valence-corrected chi connectivity index (χ1v) is 7.44. The van der Waals surface area contributed by atoms with Crippen LogP contribution < -0.4 is 10.5 Å². The zero-order chi connectivity index (χ0) is 15.0. The van der Waals surface area contributed by atoms with Crippen LogP contribution in [0.15, 0.2) is 47.2 Å². The molecule has 0 atom stereocenters. The molecule has 1 heterocycles. The van der Waals surface area contributed by atoms with Gasteiger partial charge >= 0.3 is 0 Å². The first-order valence-electron chi connectivity index (χ1n) is 6.27. The highest BCUT2D eigenvalue weighted by atomic mass is 79.9. The average Bonchev–Trinajstić information content (AvgIpc) is 2.50. The van der Waals surface area contributed by atoms with Crippen molar-refractivity contribution in [2.45, 2.75) is 0 Å². The van der Waals surface area contributed by atoms with Gasteiger partial charge in [0.25, 0.3) is 0 Å². The Balaban J connectivity index is 2.36. The number of ether oxygens (including phenoxy) is 1. The lowest BCUT2D eigenvalue weighted by Gasteiger charge is -2.15. The van der Waals surface area contributed by atoms with Crippen LogP contribution in [0.5, 0.6) is 5.75 Å². The topological polar surface area (TPSA) is 48.1 Å². The molecule has 0 spiro atoms. The number of fused-ring (bicyclic) bond motifs is 1. The number of nitrogens with zero attached hydrogens (tertiary/aromatic N) is 1. The lowest BCUT2D eigenvalue weighted by Crippen LogP contribution is -1.96. The zero-order valence-corrected chi connectivity index (χ0v) is 13.6. The lowest BCUT2D eigenvalue weighted by molar-refractivity contribution is 0.417. The predicted octanol–water partition coefficient (Wildman–Crippen LogP) is 4.91. The number of halogens is 2. The summed E-state index contributed by atoms with van der Waals surface area (Å²) >= 11 is 9.69. The van der Waals surface area contributed by atoms with Crippen molar-refractivity contribution in [3.63, 3.8) is 0 Å². The zero-order valence-electron chi connectivity index (χ0n) is 11.2. The van der Waals surface area contributed by atoms with E-state index in [9.17, 15) is 0 Å². The average molecular weight is 364 g/mol. The van der Waals surface area contributed by atoms with Crippen LogP contribution in [-0.4, -0.2) is 12.1 Å². The molecule has 5 heteroatoms. The molecular formula is C16H12BrClN2O. The third-order valence-electron chi connectivity index (χ3n) is 3.37. The van der Waals surface area contributed by atoms with E-state index >= 15 is 0 Å². The maximum Gasteiger partial charge on any atom is 0.127 e. The number of nitrogen functional groups attached to an aromatic ring is 1. The van der Waals surface area contributed by atoms with Gasteiger partial charge in [0.05, 0.1) is 17.8 Å². The van der Waals surface area contributed by atoms with Gasteiger partial charge in [-0.2, -0.15) is 0 Å². The van der Waals surface area contributed by atoms with Crippen molar-refractivity contribution in [3.05, 3.63) is 52.2 Å². The standard InChI is InChI=1S/C16H12BrClN2O/c1-21-14-7-10-8-20-5-4-9(10)6-11(14)15-12(17)2-3-13(18)16(15)19/h2-8H,19H2,1H3. The maximum absolute atomic E-state index is 6.15. The highest BCUT2D eigenvalue weighted by molar-refractivity contribution is 9.10. The minimum absolute atomic E-state index is 0.519. The van der Waals surface area contributed by atoms with Gasteiger partial charge in [0.15, 0.2) is 0 Å². The molecule has 21 heavy (non-hydrogen) atoms. The van der Waals surface area contributed by atoms with Gasteiger partial charge in [-0.3, -0.25) is 4.98 Å². The lowest BCUT2D eigenvalue weighted by atomic mass is 9.99. The molecule has 2 aromatic carbocycles. The Morgan fingerprint density at radius 2 is 2.00 bits per heavy atom. The summed E-state index contributed by atoms with van der Waals surface area (Å²) in [5, 5.41) is 2.59. The predicted molar refractivity (Wildman–Crippen MR) is 90.9 cm³/mol. The summed E-state index contributed by atoms with van der Waals surface area (Å²) in [5.41, 5.74) is 8.40. The van der Waals surface area contributed by atoms with Gasteiger partial charge in [-0.15, -0.1) is 0 Å². The van der Waals surface area contributed by atoms with Gasteiger partial charge in [-0.05, 0) is 35.7 Å². The molecule has 0 unspecified atom stereocenters. The van der Waals surface area contributed by atoms with Crippen molar-refractivity contribution in [1.82, 2.24) is 4.98 Å². The summed E-state index contributed by atoms with van der Waals surface area (Å²) in [5.74, 6) is 0.727. The van der Waals surface area contributed by atoms with Crippen LogP contribution >= 0.6 is 27.5 Å². The van der Waals surface area contributed by atoms with Gasteiger partial charge < -0.3 is 10.5 Å². The second-order valence-corrected chi connectivity index (χ2v) is 5.85. The van der Waals surface area contributed by atoms with E-state index in [-0.39, 0.29) is 0 Å². The third kappa shape index (κ3) is 2.45. The van der Waals surface area contributed by atoms with Crippen molar-refractivity contribution >= 4 is 44.0 Å². The number of nitrogens with two attached hydrogens (primary N) is 1. The smallest absolute Gasteiger partial charge is 0.127 e. The third-order valence-corrected chi connectivity index (χ3v) is 4.36. The molecule has 0 bridgehead atoms. The number of benzene rings is 2. The van der Waals surface area contributed by atoms with Crippen molar-refractivity contribution in [2.75, 3.05) is 12.8 Å². The molecule has 3 aromatic rings. The van der Waals surface area contributed by atoms with E-state index in [1.807, 2.05) is 24.3 Å². The van der Waals surface area contributed by atoms with Crippen molar-refractivity contribution < 1.29 is 4.74 Å². The Kier molecular flexibility index (Phi) is 3.74. The van der Waals surface area contributed by atoms with Gasteiger partial charge in [-0.1, -0.05) is 27.5 Å². The minimum Gasteiger partial charge on any atom is -0.496 e. The van der Waals surface area contributed by atoms with Gasteiger partial charge in [0, 0.05) is 33.4 Å². The first kappa shape index (κ1) is 14.2. The summed E-state index contributed by atoms with van der Waals surface area (Å²) in [6.07, 6.45) is 3.56. The van der Waals surface area contributed by atoms with Crippen LogP contribution in [0.3, 0.4) is 0 Å². The van der Waals surface area contributed by atoms with Crippen LogP contribution in [0.2, 0.25) is 5.02 Å². The van der Waals surface area contributed by atoms with E-state index in [1.165, 1.54) is 0 Å². The molecule has 2 N–H and O–H groups in total. The van der Waals surface area contributed by atoms with E-state index in [2.05, 4.69) is 20.9 Å². The van der Waals surface area contributed by atoms with Crippen LogP contribution in [0.4, 0.5) is 5.69 Å². The molecule has 106 valence electrons. The van der Waals surface area contributed by atoms with Crippen molar-refractivity contribution in [2.24, 2.45) is 0 Å². The van der Waals surface area contributed by atoms with Crippen molar-refractivity contribution in [3.8, 4) is 16.9 Å². The summed E-state index contributed by atoms with van der Waals surface area (Å²) in [6.45, 7) is 0. The van der Waals surface area contributed by atoms with Crippen LogP contribution in [-0.2, 0) is 0 Å². The second-order valence-electron chi connectivity index (χ2n) is 4.59. The highest BCUT2D eigenvalue weighted by Gasteiger charge is 2.16. The van der Waals surface area contributed by atoms with Crippen LogP contribution in [0.1, 0.15) is 0 Å². The molecule has 0 fully saturated rings. The number of hydrogen-bond acceptors (Lipinski definition) is 3. The van der Waals surface area contributed by atoms with Crippen molar-refractivity contribution in [1.29, 1.82) is 0 Å². The Morgan fingerprint density at radius 1 is 1.19 bits per heavy atom. The quantitative estimate of drug-likeness (QED) is 0.658. The maximum atomic E-state index is 6.15. The molecule has 3 nitrogen and oxygen atoms in total. The number of methoxy groups -OCH3 is 1. The summed E-state index contributed by atoms with van der Waals surface area (Å²) in [7, 11) is 1.63. The Morgan fingerprint density at radius 3 is 2.76 bits per heavy atom. The molecule has 0 amide bonds. The molecule has 0 saturated carbocycles. The Bertz CT molecular complexity index is 836. The van der Waals surface area contributed by atoms with E-state index in [4.69, 9.17) is 22.1 Å². The molecule has 0 aliphatic rings. The number of hydrogen-bond donors (Lipinski definition) is 1. The van der Waals surface area contributed by atoms with Gasteiger partial charge in [-0.25, -0.2) is 0 Å². The fourth-order valence-electron chi connectivity index (χ4n) is 2.32. The molecular weight excluding hydrogens is 352 g/mol. The molecule has 0 aliphatic carbocycles. The first-order chi connectivity index (χ1) is 10.1. The SMILES string of the molecule is COc1cc2cnccc2cc1-c1c(Br)ccc(Cl)c1N. The molecule has 3 rings (SSSR count). The van der Waals surface area contributed by atoms with E-state index in [0.717, 1.165) is 32.1 Å². The molecule has 1 aromatic heterocycles. The van der Waals surface area contributed by atoms with E-state index < -0.39 is 0 Å². The summed E-state index contributed by atoms with van der Waals surface area (Å²) < 4.78 is 6.38. The van der Waals surface area contributed by atoms with Gasteiger partial charge in [0.2, 0.25) is 0 Å². The number of rotatable bonds is 2. The molecule has 0 aliphatic heterocycles. The summed E-state index contributed by atoms with van der Waals surface area (Å²) in [6, 6.07) is 9.58. The highest BCUT2D eigenvalue weighted by Crippen LogP contribution is 2.43. The monoisotopic (exact) mass is 362 g/mol. The van der Waals surface area contributed by atoms with Gasteiger partial charge in [0.1, 0.15) is 5.75 Å². The molecule has 0 saturated heterocycles. The number of pyridine rings is 1. The second kappa shape index (κ2) is 5.54. The number of aromatic nitrogens is 1. The normalized spacial score (nSPS) is 10.8. The van der Waals surface area contributed by atoms with E-state index in [1.54, 1.807) is 25.6 Å². The van der Waals surface area contributed by atoms with Crippen LogP contribution in [0.25, 0.3) is 21.9 Å².